The molecule has 6 nitrogen and oxygen atoms in total. The van der Waals surface area contributed by atoms with Crippen molar-refractivity contribution < 1.29 is 4.79 Å². The molecule has 1 atom stereocenters. The van der Waals surface area contributed by atoms with Gasteiger partial charge < -0.3 is 10.2 Å². The van der Waals surface area contributed by atoms with Crippen LogP contribution in [0.4, 0.5) is 0 Å². The Kier molecular flexibility index (Phi) is 4.20. The number of nitrogens with zero attached hydrogens (tertiary/aromatic N) is 4. The molecule has 1 aliphatic rings. The van der Waals surface area contributed by atoms with E-state index in [-0.39, 0.29) is 11.9 Å². The maximum Gasteiger partial charge on any atom is 0.256 e. The Labute approximate surface area is 130 Å². The van der Waals surface area contributed by atoms with Crippen molar-refractivity contribution in [3.8, 4) is 5.69 Å². The summed E-state index contributed by atoms with van der Waals surface area (Å²) in [7, 11) is 0. The number of aryl methyl sites for hydroxylation is 1. The molecule has 1 aliphatic heterocycles. The lowest BCUT2D eigenvalue weighted by molar-refractivity contribution is 0.0704. The molecule has 2 heterocycles. The Bertz CT molecular complexity index is 653. The molecule has 1 aromatic carbocycles. The number of hydrogen-bond acceptors (Lipinski definition) is 4. The molecular weight excluding hydrogens is 278 g/mol. The molecule has 1 aromatic heterocycles. The maximum atomic E-state index is 13.1. The molecule has 0 saturated carbocycles. The number of rotatable bonds is 2. The lowest BCUT2D eigenvalue weighted by Gasteiger charge is -2.27. The fraction of sp³-hybridized carbons (Fsp3) is 0.438. The Morgan fingerprint density at radius 3 is 2.82 bits per heavy atom. The first-order valence-corrected chi connectivity index (χ1v) is 7.66. The summed E-state index contributed by atoms with van der Waals surface area (Å²) < 4.78 is 0. The van der Waals surface area contributed by atoms with Gasteiger partial charge in [0.1, 0.15) is 0 Å². The van der Waals surface area contributed by atoms with Crippen molar-refractivity contribution in [2.45, 2.75) is 26.3 Å². The van der Waals surface area contributed by atoms with Gasteiger partial charge in [0.05, 0.1) is 23.6 Å². The summed E-state index contributed by atoms with van der Waals surface area (Å²) in [5.41, 5.74) is 2.44. The van der Waals surface area contributed by atoms with Crippen LogP contribution in [0.2, 0.25) is 0 Å². The topological polar surface area (TPSA) is 63.1 Å². The molecule has 6 heteroatoms. The Hall–Kier alpha value is -2.21. The van der Waals surface area contributed by atoms with E-state index in [1.54, 1.807) is 12.4 Å². The summed E-state index contributed by atoms with van der Waals surface area (Å²) in [5.74, 6) is 0.0483. The van der Waals surface area contributed by atoms with E-state index in [9.17, 15) is 4.79 Å². The lowest BCUT2D eigenvalue weighted by atomic mass is 10.1. The molecule has 22 heavy (non-hydrogen) atoms. The van der Waals surface area contributed by atoms with Crippen LogP contribution >= 0.6 is 0 Å². The number of benzene rings is 1. The second kappa shape index (κ2) is 6.27. The van der Waals surface area contributed by atoms with E-state index in [0.717, 1.165) is 37.3 Å². The molecule has 1 amide bonds. The van der Waals surface area contributed by atoms with Crippen LogP contribution in [-0.2, 0) is 0 Å². The molecule has 116 valence electrons. The standard InChI is InChI=1S/C16H21N5O/c1-12-3-4-15(21-18-7-8-19-21)14(11-12)16(22)20-10-9-17-6-5-13(20)2/h3-4,7-8,11,13,17H,5-6,9-10H2,1-2H3/t13-/m1/s1. The highest BCUT2D eigenvalue weighted by Gasteiger charge is 2.25. The minimum Gasteiger partial charge on any atom is -0.335 e. The molecule has 0 aliphatic carbocycles. The largest absolute Gasteiger partial charge is 0.335 e. The van der Waals surface area contributed by atoms with Gasteiger partial charge in [0, 0.05) is 19.1 Å². The van der Waals surface area contributed by atoms with Gasteiger partial charge >= 0.3 is 0 Å². The zero-order valence-electron chi connectivity index (χ0n) is 13.0. The van der Waals surface area contributed by atoms with E-state index >= 15 is 0 Å². The first-order valence-electron chi connectivity index (χ1n) is 7.66. The SMILES string of the molecule is Cc1ccc(-n2nccn2)c(C(=O)N2CCNCC[C@H]2C)c1. The zero-order valence-corrected chi connectivity index (χ0v) is 13.0. The smallest absolute Gasteiger partial charge is 0.256 e. The average Bonchev–Trinajstić information content (AvgIpc) is 2.95. The molecule has 1 N–H and O–H groups in total. The molecule has 3 rings (SSSR count). The molecule has 0 spiro atoms. The predicted molar refractivity (Wildman–Crippen MR) is 84.1 cm³/mol. The van der Waals surface area contributed by atoms with E-state index < -0.39 is 0 Å². The lowest BCUT2D eigenvalue weighted by Crippen LogP contribution is -2.40. The second-order valence-electron chi connectivity index (χ2n) is 5.73. The number of carbonyl (C=O) groups is 1. The van der Waals surface area contributed by atoms with E-state index in [4.69, 9.17) is 0 Å². The first-order chi connectivity index (χ1) is 10.7. The van der Waals surface area contributed by atoms with Crippen molar-refractivity contribution in [2.24, 2.45) is 0 Å². The van der Waals surface area contributed by atoms with E-state index in [1.165, 1.54) is 4.80 Å². The van der Waals surface area contributed by atoms with Crippen LogP contribution in [0.3, 0.4) is 0 Å². The second-order valence-corrected chi connectivity index (χ2v) is 5.73. The highest BCUT2D eigenvalue weighted by atomic mass is 16.2. The highest BCUT2D eigenvalue weighted by Crippen LogP contribution is 2.19. The van der Waals surface area contributed by atoms with Crippen LogP contribution in [0.15, 0.2) is 30.6 Å². The van der Waals surface area contributed by atoms with Gasteiger partial charge in [-0.25, -0.2) is 0 Å². The fourth-order valence-corrected chi connectivity index (χ4v) is 2.80. The molecule has 0 unspecified atom stereocenters. The highest BCUT2D eigenvalue weighted by molar-refractivity contribution is 5.98. The number of nitrogens with one attached hydrogen (secondary N) is 1. The number of amides is 1. The molecule has 1 saturated heterocycles. The van der Waals surface area contributed by atoms with Crippen LogP contribution in [0.5, 0.6) is 0 Å². The molecule has 0 bridgehead atoms. The molecule has 2 aromatic rings. The van der Waals surface area contributed by atoms with Gasteiger partial charge in [-0.2, -0.15) is 15.0 Å². The van der Waals surface area contributed by atoms with Crippen molar-refractivity contribution >= 4 is 5.91 Å². The summed E-state index contributed by atoms with van der Waals surface area (Å²) in [6.45, 7) is 6.60. The van der Waals surface area contributed by atoms with E-state index in [1.807, 2.05) is 30.0 Å². The van der Waals surface area contributed by atoms with Crippen molar-refractivity contribution in [2.75, 3.05) is 19.6 Å². The van der Waals surface area contributed by atoms with Gasteiger partial charge in [0.2, 0.25) is 0 Å². The number of aromatic nitrogens is 3. The predicted octanol–water partition coefficient (Wildman–Crippen LogP) is 1.40. The van der Waals surface area contributed by atoms with Gasteiger partial charge in [-0.05, 0) is 38.9 Å². The fourth-order valence-electron chi connectivity index (χ4n) is 2.80. The van der Waals surface area contributed by atoms with Crippen LogP contribution < -0.4 is 5.32 Å². The number of carbonyl (C=O) groups excluding carboxylic acids is 1. The van der Waals surface area contributed by atoms with Crippen LogP contribution in [0.1, 0.15) is 29.3 Å². The molecular formula is C16H21N5O. The summed E-state index contributed by atoms with van der Waals surface area (Å²) in [6.07, 6.45) is 4.20. The summed E-state index contributed by atoms with van der Waals surface area (Å²) in [5, 5.41) is 11.7. The van der Waals surface area contributed by atoms with Crippen molar-refractivity contribution in [1.29, 1.82) is 0 Å². The summed E-state index contributed by atoms with van der Waals surface area (Å²) in [4.78, 5) is 16.5. The monoisotopic (exact) mass is 299 g/mol. The van der Waals surface area contributed by atoms with Gasteiger partial charge in [-0.1, -0.05) is 11.6 Å². The van der Waals surface area contributed by atoms with Gasteiger partial charge in [0.15, 0.2) is 0 Å². The Morgan fingerprint density at radius 2 is 2.05 bits per heavy atom. The molecule has 0 radical (unpaired) electrons. The third-order valence-electron chi connectivity index (χ3n) is 4.08. The van der Waals surface area contributed by atoms with Crippen molar-refractivity contribution in [3.63, 3.8) is 0 Å². The summed E-state index contributed by atoms with van der Waals surface area (Å²) in [6, 6.07) is 6.03. The van der Waals surface area contributed by atoms with E-state index in [2.05, 4.69) is 22.4 Å². The normalized spacial score (nSPS) is 19.0. The van der Waals surface area contributed by atoms with Gasteiger partial charge in [-0.3, -0.25) is 4.79 Å². The minimum atomic E-state index is 0.0483. The zero-order chi connectivity index (χ0) is 15.5. The average molecular weight is 299 g/mol. The van der Waals surface area contributed by atoms with E-state index in [0.29, 0.717) is 5.56 Å². The summed E-state index contributed by atoms with van der Waals surface area (Å²) >= 11 is 0. The Morgan fingerprint density at radius 1 is 1.27 bits per heavy atom. The molecule has 1 fully saturated rings. The maximum absolute atomic E-state index is 13.1. The number of hydrogen-bond donors (Lipinski definition) is 1. The van der Waals surface area contributed by atoms with Crippen LogP contribution in [-0.4, -0.2) is 51.5 Å². The first kappa shape index (κ1) is 14.7. The van der Waals surface area contributed by atoms with Crippen molar-refractivity contribution in [1.82, 2.24) is 25.2 Å². The van der Waals surface area contributed by atoms with Crippen molar-refractivity contribution in [3.05, 3.63) is 41.7 Å². The van der Waals surface area contributed by atoms with Crippen LogP contribution in [0.25, 0.3) is 5.69 Å². The Balaban J connectivity index is 1.99. The van der Waals surface area contributed by atoms with Crippen LogP contribution in [0, 0.1) is 6.92 Å². The minimum absolute atomic E-state index is 0.0483. The van der Waals surface area contributed by atoms with Gasteiger partial charge in [-0.15, -0.1) is 0 Å². The van der Waals surface area contributed by atoms with Gasteiger partial charge in [0.25, 0.3) is 5.91 Å². The third kappa shape index (κ3) is 2.87. The quantitative estimate of drug-likeness (QED) is 0.910. The third-order valence-corrected chi connectivity index (χ3v) is 4.08.